The molecule has 1 atom stereocenters. The van der Waals surface area contributed by atoms with E-state index in [1.165, 1.54) is 21.3 Å². The van der Waals surface area contributed by atoms with Gasteiger partial charge >= 0.3 is 9.05 Å². The Labute approximate surface area is 92.3 Å². The third kappa shape index (κ3) is 5.57. The van der Waals surface area contributed by atoms with Crippen LogP contribution in [-0.4, -0.2) is 49.6 Å². The van der Waals surface area contributed by atoms with Crippen LogP contribution in [-0.2, 0) is 17.7 Å². The average molecular weight is 238 g/mol. The Hall–Kier alpha value is -0.0231. The molecule has 0 aromatic carbocycles. The highest BCUT2D eigenvalue weighted by molar-refractivity contribution is 6.53. The smallest absolute Gasteiger partial charge is 0.355 e. The molecule has 92 valence electrons. The van der Waals surface area contributed by atoms with Crippen molar-refractivity contribution in [2.75, 3.05) is 34.5 Å². The van der Waals surface area contributed by atoms with Crippen LogP contribution >= 0.6 is 0 Å². The predicted molar refractivity (Wildman–Crippen MR) is 59.0 cm³/mol. The van der Waals surface area contributed by atoms with Gasteiger partial charge in [0.1, 0.15) is 0 Å². The summed E-state index contributed by atoms with van der Waals surface area (Å²) in [5, 5.41) is 0. The lowest BCUT2D eigenvalue weighted by Crippen LogP contribution is -2.48. The first kappa shape index (κ1) is 15.0. The number of nitrogens with two attached hydrogens (primary N) is 2. The van der Waals surface area contributed by atoms with E-state index in [9.17, 15) is 0 Å². The molecule has 6 nitrogen and oxygen atoms in total. The zero-order valence-electron chi connectivity index (χ0n) is 9.69. The fourth-order valence-electron chi connectivity index (χ4n) is 1.10. The van der Waals surface area contributed by atoms with Crippen molar-refractivity contribution in [3.05, 3.63) is 0 Å². The van der Waals surface area contributed by atoms with E-state index in [-0.39, 0.29) is 6.04 Å². The predicted octanol–water partition coefficient (Wildman–Crippen LogP) is -0.556. The Morgan fingerprint density at radius 2 is 1.67 bits per heavy atom. The van der Waals surface area contributed by atoms with E-state index in [0.717, 1.165) is 12.8 Å². The van der Waals surface area contributed by atoms with E-state index in [1.807, 2.05) is 0 Å². The van der Waals surface area contributed by atoms with Crippen molar-refractivity contribution in [3.8, 4) is 0 Å². The van der Waals surface area contributed by atoms with Gasteiger partial charge in [0.25, 0.3) is 0 Å². The van der Waals surface area contributed by atoms with E-state index in [2.05, 4.69) is 0 Å². The van der Waals surface area contributed by atoms with Gasteiger partial charge in [-0.25, -0.2) is 0 Å². The minimum absolute atomic E-state index is 0.0686. The fraction of sp³-hybridized carbons (Fsp3) is 1.00. The summed E-state index contributed by atoms with van der Waals surface area (Å²) in [5.74, 6) is 0. The molecular formula is C8H22N2O4Si. The van der Waals surface area contributed by atoms with Crippen molar-refractivity contribution in [1.29, 1.82) is 0 Å². The molecule has 7 heteroatoms. The van der Waals surface area contributed by atoms with E-state index in [0.29, 0.717) is 13.2 Å². The molecular weight excluding hydrogens is 216 g/mol. The highest BCUT2D eigenvalue weighted by Crippen LogP contribution is 2.08. The topological polar surface area (TPSA) is 89.0 Å². The molecule has 0 aliphatic heterocycles. The molecule has 4 N–H and O–H groups in total. The van der Waals surface area contributed by atoms with Gasteiger partial charge in [-0.05, 0) is 19.4 Å². The van der Waals surface area contributed by atoms with Gasteiger partial charge in [-0.3, -0.25) is 0 Å². The van der Waals surface area contributed by atoms with E-state index >= 15 is 0 Å². The quantitative estimate of drug-likeness (QED) is 0.524. The summed E-state index contributed by atoms with van der Waals surface area (Å²) in [4.78, 5) is 0. The van der Waals surface area contributed by atoms with Gasteiger partial charge < -0.3 is 29.2 Å². The van der Waals surface area contributed by atoms with Gasteiger partial charge in [-0.2, -0.15) is 0 Å². The summed E-state index contributed by atoms with van der Waals surface area (Å²) < 4.78 is 20.7. The van der Waals surface area contributed by atoms with Gasteiger partial charge in [0.2, 0.25) is 0 Å². The van der Waals surface area contributed by atoms with Crippen molar-refractivity contribution in [2.45, 2.75) is 18.9 Å². The zero-order valence-corrected chi connectivity index (χ0v) is 10.7. The maximum absolute atomic E-state index is 5.81. The lowest BCUT2D eigenvalue weighted by Gasteiger charge is -2.24. The van der Waals surface area contributed by atoms with Crippen molar-refractivity contribution in [3.63, 3.8) is 0 Å². The van der Waals surface area contributed by atoms with Crippen LogP contribution in [0.3, 0.4) is 0 Å². The molecule has 0 aromatic rings. The molecule has 0 saturated carbocycles. The molecule has 0 spiro atoms. The number of hydrogen-bond donors (Lipinski definition) is 2. The van der Waals surface area contributed by atoms with Gasteiger partial charge in [0, 0.05) is 27.4 Å². The van der Waals surface area contributed by atoms with E-state index in [1.54, 1.807) is 0 Å². The first-order chi connectivity index (χ1) is 7.14. The molecule has 0 fully saturated rings. The second-order valence-corrected chi connectivity index (χ2v) is 5.63. The van der Waals surface area contributed by atoms with Gasteiger partial charge in [-0.15, -0.1) is 0 Å². The molecule has 1 unspecified atom stereocenters. The Balaban J connectivity index is 3.88. The first-order valence-electron chi connectivity index (χ1n) is 4.89. The van der Waals surface area contributed by atoms with Gasteiger partial charge in [-0.1, -0.05) is 0 Å². The number of hydrogen-bond acceptors (Lipinski definition) is 6. The summed E-state index contributed by atoms with van der Waals surface area (Å²) in [7, 11) is 1.54. The standard InChI is InChI=1S/C8H22N2O4Si/c1-11-15(12-2,13-3)14-7-8(10)5-4-6-9/h8H,4-7,9-10H2,1-3H3. The first-order valence-corrected chi connectivity index (χ1v) is 6.52. The van der Waals surface area contributed by atoms with Crippen LogP contribution in [0.1, 0.15) is 12.8 Å². The summed E-state index contributed by atoms with van der Waals surface area (Å²) in [6, 6.07) is -0.0686. The summed E-state index contributed by atoms with van der Waals surface area (Å²) in [5.41, 5.74) is 11.2. The minimum Gasteiger partial charge on any atom is -0.355 e. The third-order valence-corrected chi connectivity index (χ3v) is 4.02. The average Bonchev–Trinajstić information content (AvgIpc) is 2.29. The Morgan fingerprint density at radius 1 is 1.13 bits per heavy atom. The van der Waals surface area contributed by atoms with Crippen LogP contribution in [0.4, 0.5) is 0 Å². The van der Waals surface area contributed by atoms with Crippen molar-refractivity contribution in [1.82, 2.24) is 0 Å². The van der Waals surface area contributed by atoms with Crippen LogP contribution in [0.5, 0.6) is 0 Å². The molecule has 0 saturated heterocycles. The molecule has 0 heterocycles. The van der Waals surface area contributed by atoms with Crippen LogP contribution in [0.15, 0.2) is 0 Å². The molecule has 0 bridgehead atoms. The van der Waals surface area contributed by atoms with E-state index < -0.39 is 9.05 Å². The largest absolute Gasteiger partial charge is 0.678 e. The highest BCUT2D eigenvalue weighted by atomic mass is 28.4. The molecule has 0 aromatic heterocycles. The summed E-state index contributed by atoms with van der Waals surface area (Å²) in [6.07, 6.45) is 1.70. The van der Waals surface area contributed by atoms with Crippen LogP contribution in [0, 0.1) is 0 Å². The van der Waals surface area contributed by atoms with Gasteiger partial charge in [0.15, 0.2) is 0 Å². The Bertz CT molecular complexity index is 149. The maximum Gasteiger partial charge on any atom is 0.678 e. The molecule has 0 aliphatic carbocycles. The minimum atomic E-state index is -2.93. The van der Waals surface area contributed by atoms with Crippen LogP contribution < -0.4 is 11.5 Å². The number of rotatable bonds is 9. The molecule has 0 amide bonds. The van der Waals surface area contributed by atoms with E-state index in [4.69, 9.17) is 29.2 Å². The monoisotopic (exact) mass is 238 g/mol. The fourth-order valence-corrected chi connectivity index (χ4v) is 2.37. The SMILES string of the molecule is CO[Si](OC)(OC)OCC(N)CCCN. The van der Waals surface area contributed by atoms with Crippen molar-refractivity contribution >= 4 is 9.05 Å². The Morgan fingerprint density at radius 3 is 2.07 bits per heavy atom. The van der Waals surface area contributed by atoms with Crippen molar-refractivity contribution in [2.24, 2.45) is 11.5 Å². The third-order valence-electron chi connectivity index (χ3n) is 2.00. The van der Waals surface area contributed by atoms with Crippen LogP contribution in [0.25, 0.3) is 0 Å². The molecule has 0 aliphatic rings. The second-order valence-electron chi connectivity index (χ2n) is 3.11. The Kier molecular flexibility index (Phi) is 8.15. The normalized spacial score (nSPS) is 14.2. The molecule has 15 heavy (non-hydrogen) atoms. The van der Waals surface area contributed by atoms with Crippen molar-refractivity contribution < 1.29 is 17.7 Å². The highest BCUT2D eigenvalue weighted by Gasteiger charge is 2.42. The molecule has 0 rings (SSSR count). The lowest BCUT2D eigenvalue weighted by molar-refractivity contribution is 0.00221. The maximum atomic E-state index is 5.81. The summed E-state index contributed by atoms with van der Waals surface area (Å²) in [6.45, 7) is 0.983. The molecule has 0 radical (unpaired) electrons. The van der Waals surface area contributed by atoms with Crippen LogP contribution in [0.2, 0.25) is 0 Å². The summed E-state index contributed by atoms with van der Waals surface area (Å²) >= 11 is 0. The van der Waals surface area contributed by atoms with Gasteiger partial charge in [0.05, 0.1) is 6.61 Å². The zero-order chi connectivity index (χ0) is 11.7. The lowest BCUT2D eigenvalue weighted by atomic mass is 10.2. The second kappa shape index (κ2) is 8.17.